The first-order valence-corrected chi connectivity index (χ1v) is 16.2. The summed E-state index contributed by atoms with van der Waals surface area (Å²) < 4.78 is 1.94. The fourth-order valence-electron chi connectivity index (χ4n) is 6.26. The predicted octanol–water partition coefficient (Wildman–Crippen LogP) is 4.05. The molecule has 1 unspecified atom stereocenters. The first-order valence-electron chi connectivity index (χ1n) is 14.6. The van der Waals surface area contributed by atoms with Gasteiger partial charge >= 0.3 is 250 Å². The first-order chi connectivity index (χ1) is 19.1. The van der Waals surface area contributed by atoms with Crippen LogP contribution in [0.3, 0.4) is 0 Å². The van der Waals surface area contributed by atoms with Crippen molar-refractivity contribution in [2.75, 3.05) is 0 Å². The molecule has 0 aromatic heterocycles. The summed E-state index contributed by atoms with van der Waals surface area (Å²) in [4.78, 5) is 0. The van der Waals surface area contributed by atoms with Crippen molar-refractivity contribution in [2.24, 2.45) is 0 Å². The zero-order valence-electron chi connectivity index (χ0n) is 25.4. The number of benzene rings is 4. The van der Waals surface area contributed by atoms with Crippen LogP contribution in [0.1, 0.15) is 91.1 Å². The summed E-state index contributed by atoms with van der Waals surface area (Å²) in [6.45, 7) is 14.1. The van der Waals surface area contributed by atoms with E-state index >= 15 is 0 Å². The molecule has 0 spiro atoms. The van der Waals surface area contributed by atoms with Gasteiger partial charge in [0.15, 0.2) is 0 Å². The SMILES string of the molecule is CC(C)(C)c1ccc2c(c1)[CH]([Ti+2]=[C](c1ccccc1)c1ccccc1)c1c-2ccc(C(C)(C)C)c1C1=CC=CC1.[Cl-].[Cl-]. The molecule has 0 amide bonds. The maximum atomic E-state index is 2.55. The van der Waals surface area contributed by atoms with E-state index in [1.165, 1.54) is 53.9 Å². The Labute approximate surface area is 273 Å². The Morgan fingerprint density at radius 1 is 0.690 bits per heavy atom. The number of allylic oxidation sites excluding steroid dienone is 4. The Hall–Kier alpha value is -2.48. The second-order valence-electron chi connectivity index (χ2n) is 13.3. The zero-order valence-corrected chi connectivity index (χ0v) is 28.5. The molecule has 0 saturated carbocycles. The second-order valence-corrected chi connectivity index (χ2v) is 15.4. The summed E-state index contributed by atoms with van der Waals surface area (Å²) >= 11 is -0.634. The average Bonchev–Trinajstić information content (AvgIpc) is 3.58. The number of rotatable bonds is 4. The summed E-state index contributed by atoms with van der Waals surface area (Å²) in [6.07, 6.45) is 7.95. The van der Waals surface area contributed by atoms with Crippen molar-refractivity contribution in [1.29, 1.82) is 0 Å². The van der Waals surface area contributed by atoms with Crippen LogP contribution in [-0.2, 0) is 29.5 Å². The molecule has 4 aromatic rings. The summed E-state index contributed by atoms with van der Waals surface area (Å²) in [7, 11) is 0. The molecule has 3 heteroatoms. The fraction of sp³-hybridized carbons (Fsp3) is 0.256. The number of halogens is 2. The van der Waals surface area contributed by atoms with Gasteiger partial charge < -0.3 is 24.8 Å². The molecule has 0 radical (unpaired) electrons. The van der Waals surface area contributed by atoms with Crippen LogP contribution in [0.5, 0.6) is 0 Å². The van der Waals surface area contributed by atoms with E-state index in [1.807, 2.05) is 0 Å². The first kappa shape index (κ1) is 32.4. The third-order valence-corrected chi connectivity index (χ3v) is 11.1. The molecule has 0 fully saturated rings. The Bertz CT molecular complexity index is 1620. The van der Waals surface area contributed by atoms with E-state index in [0.717, 1.165) is 6.42 Å². The van der Waals surface area contributed by atoms with E-state index in [4.69, 9.17) is 0 Å². The van der Waals surface area contributed by atoms with E-state index in [0.29, 0.717) is 4.22 Å². The van der Waals surface area contributed by atoms with Crippen LogP contribution < -0.4 is 24.8 Å². The van der Waals surface area contributed by atoms with Gasteiger partial charge in [-0.2, -0.15) is 0 Å². The van der Waals surface area contributed by atoms with Crippen LogP contribution >= 0.6 is 0 Å². The van der Waals surface area contributed by atoms with Gasteiger partial charge in [-0.25, -0.2) is 0 Å². The largest absolute Gasteiger partial charge is 1.00 e. The molecule has 1 atom stereocenters. The Morgan fingerprint density at radius 2 is 1.29 bits per heavy atom. The molecule has 0 aliphatic heterocycles. The normalized spacial score (nSPS) is 15.1. The molecule has 2 aliphatic rings. The molecular formula is C39H39Cl2Ti. The van der Waals surface area contributed by atoms with Gasteiger partial charge in [0.25, 0.3) is 0 Å². The minimum atomic E-state index is -0.634. The Kier molecular flexibility index (Phi) is 9.76. The van der Waals surface area contributed by atoms with Crippen molar-refractivity contribution >= 4 is 9.38 Å². The fourth-order valence-corrected chi connectivity index (χ4v) is 9.07. The monoisotopic (exact) mass is 625 g/mol. The topological polar surface area (TPSA) is 0 Å². The molecule has 0 bridgehead atoms. The maximum Gasteiger partial charge on any atom is -1.00 e. The van der Waals surface area contributed by atoms with Crippen molar-refractivity contribution in [1.82, 2.24) is 0 Å². The molecule has 42 heavy (non-hydrogen) atoms. The van der Waals surface area contributed by atoms with E-state index in [-0.39, 0.29) is 35.6 Å². The van der Waals surface area contributed by atoms with Crippen LogP contribution in [0.15, 0.2) is 109 Å². The number of fused-ring (bicyclic) bond motifs is 3. The zero-order chi connectivity index (χ0) is 28.1. The van der Waals surface area contributed by atoms with Gasteiger partial charge in [0.05, 0.1) is 0 Å². The predicted molar refractivity (Wildman–Crippen MR) is 169 cm³/mol. The molecule has 2 aliphatic carbocycles. The van der Waals surface area contributed by atoms with Gasteiger partial charge in [0.2, 0.25) is 0 Å². The molecule has 213 valence electrons. The van der Waals surface area contributed by atoms with Crippen molar-refractivity contribution in [3.05, 3.63) is 148 Å². The van der Waals surface area contributed by atoms with Crippen LogP contribution in [0.2, 0.25) is 0 Å². The summed E-state index contributed by atoms with van der Waals surface area (Å²) in [5, 5.41) is 0. The minimum Gasteiger partial charge on any atom is -1.00 e. The van der Waals surface area contributed by atoms with Gasteiger partial charge in [-0.3, -0.25) is 0 Å². The van der Waals surface area contributed by atoms with Crippen molar-refractivity contribution in [3.8, 4) is 11.1 Å². The average molecular weight is 627 g/mol. The van der Waals surface area contributed by atoms with Crippen molar-refractivity contribution in [3.63, 3.8) is 0 Å². The molecule has 0 N–H and O–H groups in total. The van der Waals surface area contributed by atoms with Crippen LogP contribution in [-0.4, -0.2) is 3.81 Å². The van der Waals surface area contributed by atoms with E-state index < -0.39 is 18.7 Å². The molecule has 0 saturated heterocycles. The van der Waals surface area contributed by atoms with E-state index in [9.17, 15) is 0 Å². The molecule has 0 heterocycles. The van der Waals surface area contributed by atoms with Gasteiger partial charge in [0, 0.05) is 0 Å². The summed E-state index contributed by atoms with van der Waals surface area (Å²) in [6, 6.07) is 34.5. The van der Waals surface area contributed by atoms with Crippen LogP contribution in [0.25, 0.3) is 16.7 Å². The number of hydrogen-bond donors (Lipinski definition) is 0. The molecule has 6 rings (SSSR count). The smallest absolute Gasteiger partial charge is 1.00 e. The molecular weight excluding hydrogens is 587 g/mol. The van der Waals surface area contributed by atoms with Crippen LogP contribution in [0, 0.1) is 0 Å². The third-order valence-electron chi connectivity index (χ3n) is 8.37. The van der Waals surface area contributed by atoms with Gasteiger partial charge in [-0.15, -0.1) is 0 Å². The standard InChI is InChI=1S/C26H29.C13H10.2ClH.Ti/c1-25(2,3)19-11-12-20-18(15-19)16-22-21(20)13-14-23(26(4,5)6)24(22)17-9-7-8-10-17;1-3-7-12(8-4-1)11-13-9-5-2-6-10-13;;;/h7-9,11-16H,10H2,1-6H3;1-10H;2*1H;/q;;;;+2/p-2. The third kappa shape index (κ3) is 6.11. The number of hydrogen-bond acceptors (Lipinski definition) is 0. The van der Waals surface area contributed by atoms with E-state index in [2.05, 4.69) is 151 Å². The Morgan fingerprint density at radius 3 is 1.81 bits per heavy atom. The van der Waals surface area contributed by atoms with E-state index in [1.54, 1.807) is 5.56 Å². The molecule has 4 aromatic carbocycles. The van der Waals surface area contributed by atoms with Crippen molar-refractivity contribution in [2.45, 2.75) is 63.0 Å². The Balaban J connectivity index is 0.00000202. The van der Waals surface area contributed by atoms with Gasteiger partial charge in [0.1, 0.15) is 0 Å². The summed E-state index contributed by atoms with van der Waals surface area (Å²) in [5.41, 5.74) is 14.8. The summed E-state index contributed by atoms with van der Waals surface area (Å²) in [5.74, 6) is 0. The van der Waals surface area contributed by atoms with Gasteiger partial charge in [-0.05, 0) is 0 Å². The maximum absolute atomic E-state index is 2.55. The second kappa shape index (κ2) is 12.6. The molecule has 0 nitrogen and oxygen atoms in total. The van der Waals surface area contributed by atoms with Crippen LogP contribution in [0.4, 0.5) is 0 Å². The minimum absolute atomic E-state index is 0. The van der Waals surface area contributed by atoms with Crippen molar-refractivity contribution < 1.29 is 43.5 Å². The van der Waals surface area contributed by atoms with Gasteiger partial charge in [-0.1, -0.05) is 0 Å². The quantitative estimate of drug-likeness (QED) is 0.300.